The van der Waals surface area contributed by atoms with Crippen LogP contribution in [0.15, 0.2) is 72.8 Å². The molecule has 0 aliphatic carbocycles. The van der Waals surface area contributed by atoms with Crippen LogP contribution in [0.25, 0.3) is 16.7 Å². The first-order valence-corrected chi connectivity index (χ1v) is 9.09. The van der Waals surface area contributed by atoms with Crippen LogP contribution in [0.4, 0.5) is 5.69 Å². The molecule has 4 aromatic rings. The number of carbonyl (C=O) groups excluding carboxylic acids is 1. The molecule has 0 atom stereocenters. The number of aromatic nitrogens is 3. The van der Waals surface area contributed by atoms with Gasteiger partial charge in [-0.05, 0) is 68.4 Å². The summed E-state index contributed by atoms with van der Waals surface area (Å²) in [5.74, 6) is 0.552. The minimum absolute atomic E-state index is 0.0932. The summed E-state index contributed by atoms with van der Waals surface area (Å²) in [6, 6.07) is 22.3. The summed E-state index contributed by atoms with van der Waals surface area (Å²) < 4.78 is 5.60. The van der Waals surface area contributed by atoms with Crippen molar-refractivity contribution < 1.29 is 9.53 Å². The molecule has 0 fully saturated rings. The van der Waals surface area contributed by atoms with Crippen molar-refractivity contribution in [2.24, 2.45) is 0 Å². The van der Waals surface area contributed by atoms with Gasteiger partial charge >= 0.3 is 0 Å². The van der Waals surface area contributed by atoms with Crippen LogP contribution in [0.2, 0.25) is 0 Å². The first-order valence-electron chi connectivity index (χ1n) is 9.09. The second kappa shape index (κ2) is 7.52. The maximum Gasteiger partial charge on any atom is 0.255 e. The Bertz CT molecular complexity index is 1100. The number of anilines is 1. The second-order valence-corrected chi connectivity index (χ2v) is 6.67. The van der Waals surface area contributed by atoms with Crippen LogP contribution in [0.3, 0.4) is 0 Å². The van der Waals surface area contributed by atoms with Crippen LogP contribution in [0.1, 0.15) is 24.2 Å². The van der Waals surface area contributed by atoms with Gasteiger partial charge in [0.05, 0.1) is 11.8 Å². The fourth-order valence-corrected chi connectivity index (χ4v) is 2.83. The first kappa shape index (κ1) is 17.7. The highest BCUT2D eigenvalue weighted by molar-refractivity contribution is 6.05. The number of nitrogens with zero attached hydrogens (tertiary/aromatic N) is 3. The van der Waals surface area contributed by atoms with Crippen LogP contribution in [-0.2, 0) is 0 Å². The highest BCUT2D eigenvalue weighted by Crippen LogP contribution is 2.19. The zero-order chi connectivity index (χ0) is 19.5. The summed E-state index contributed by atoms with van der Waals surface area (Å²) in [5.41, 5.74) is 3.58. The van der Waals surface area contributed by atoms with Crippen molar-refractivity contribution >= 4 is 22.6 Å². The minimum atomic E-state index is -0.189. The van der Waals surface area contributed by atoms with E-state index in [9.17, 15) is 4.79 Å². The lowest BCUT2D eigenvalue weighted by atomic mass is 10.2. The van der Waals surface area contributed by atoms with Crippen LogP contribution >= 0.6 is 0 Å². The molecule has 28 heavy (non-hydrogen) atoms. The van der Waals surface area contributed by atoms with Gasteiger partial charge in [-0.25, -0.2) is 0 Å². The summed E-state index contributed by atoms with van der Waals surface area (Å²) >= 11 is 0. The summed E-state index contributed by atoms with van der Waals surface area (Å²) in [6.45, 7) is 3.93. The van der Waals surface area contributed by atoms with Crippen molar-refractivity contribution in [1.82, 2.24) is 15.0 Å². The van der Waals surface area contributed by atoms with Gasteiger partial charge in [0.25, 0.3) is 5.91 Å². The van der Waals surface area contributed by atoms with Gasteiger partial charge in [-0.15, -0.1) is 10.2 Å². The Balaban J connectivity index is 1.52. The van der Waals surface area contributed by atoms with E-state index in [-0.39, 0.29) is 12.0 Å². The minimum Gasteiger partial charge on any atom is -0.491 e. The Hall–Kier alpha value is -3.67. The molecule has 0 aliphatic heterocycles. The van der Waals surface area contributed by atoms with Gasteiger partial charge < -0.3 is 10.1 Å². The number of para-hydroxylation sites is 1. The molecule has 1 heterocycles. The lowest BCUT2D eigenvalue weighted by Crippen LogP contribution is -2.12. The quantitative estimate of drug-likeness (QED) is 0.562. The van der Waals surface area contributed by atoms with Crippen molar-refractivity contribution in [3.05, 3.63) is 78.4 Å². The van der Waals surface area contributed by atoms with Gasteiger partial charge in [-0.3, -0.25) is 4.79 Å². The number of nitrogens with one attached hydrogen (secondary N) is 1. The molecule has 0 bridgehead atoms. The van der Waals surface area contributed by atoms with Gasteiger partial charge in [0.2, 0.25) is 0 Å². The zero-order valence-electron chi connectivity index (χ0n) is 15.7. The van der Waals surface area contributed by atoms with E-state index in [0.717, 1.165) is 17.0 Å². The van der Waals surface area contributed by atoms with Crippen molar-refractivity contribution in [3.63, 3.8) is 0 Å². The Morgan fingerprint density at radius 1 is 0.929 bits per heavy atom. The number of benzene rings is 3. The van der Waals surface area contributed by atoms with E-state index in [1.165, 1.54) is 0 Å². The number of carbonyl (C=O) groups is 1. The van der Waals surface area contributed by atoms with E-state index >= 15 is 0 Å². The molecule has 4 rings (SSSR count). The van der Waals surface area contributed by atoms with E-state index in [1.54, 1.807) is 29.1 Å². The Morgan fingerprint density at radius 3 is 2.36 bits per heavy atom. The number of ether oxygens (including phenoxy) is 1. The van der Waals surface area contributed by atoms with E-state index in [2.05, 4.69) is 15.5 Å². The largest absolute Gasteiger partial charge is 0.491 e. The monoisotopic (exact) mass is 372 g/mol. The highest BCUT2D eigenvalue weighted by atomic mass is 16.5. The Kier molecular flexibility index (Phi) is 4.76. The molecule has 6 heteroatoms. The van der Waals surface area contributed by atoms with Crippen molar-refractivity contribution in [3.8, 4) is 11.4 Å². The first-order chi connectivity index (χ1) is 13.6. The predicted octanol–water partition coefficient (Wildman–Crippen LogP) is 4.46. The fraction of sp³-hybridized carbons (Fsp3) is 0.136. The lowest BCUT2D eigenvalue weighted by molar-refractivity contribution is 0.102. The van der Waals surface area contributed by atoms with Crippen molar-refractivity contribution in [1.29, 1.82) is 0 Å². The molecule has 1 N–H and O–H groups in total. The molecule has 0 saturated heterocycles. The van der Waals surface area contributed by atoms with E-state index in [0.29, 0.717) is 16.8 Å². The third-order valence-electron chi connectivity index (χ3n) is 4.11. The smallest absolute Gasteiger partial charge is 0.255 e. The van der Waals surface area contributed by atoms with Gasteiger partial charge in [0.1, 0.15) is 16.8 Å². The Labute approximate surface area is 162 Å². The average Bonchev–Trinajstić information content (AvgIpc) is 3.12. The molecule has 0 spiro atoms. The highest BCUT2D eigenvalue weighted by Gasteiger charge is 2.10. The number of hydrogen-bond donors (Lipinski definition) is 1. The van der Waals surface area contributed by atoms with E-state index in [4.69, 9.17) is 4.74 Å². The third-order valence-corrected chi connectivity index (χ3v) is 4.11. The van der Waals surface area contributed by atoms with Gasteiger partial charge in [0.15, 0.2) is 0 Å². The molecule has 0 saturated carbocycles. The summed E-state index contributed by atoms with van der Waals surface area (Å²) in [4.78, 5) is 14.1. The van der Waals surface area contributed by atoms with Crippen LogP contribution < -0.4 is 10.1 Å². The van der Waals surface area contributed by atoms with Gasteiger partial charge in [-0.1, -0.05) is 18.2 Å². The average molecular weight is 372 g/mol. The maximum absolute atomic E-state index is 12.5. The lowest BCUT2D eigenvalue weighted by Gasteiger charge is -2.10. The molecule has 3 aromatic carbocycles. The predicted molar refractivity (Wildman–Crippen MR) is 109 cm³/mol. The van der Waals surface area contributed by atoms with Crippen LogP contribution in [0.5, 0.6) is 5.75 Å². The summed E-state index contributed by atoms with van der Waals surface area (Å²) in [5, 5.41) is 11.9. The summed E-state index contributed by atoms with van der Waals surface area (Å²) in [7, 11) is 0. The van der Waals surface area contributed by atoms with E-state index in [1.807, 2.05) is 62.4 Å². The Morgan fingerprint density at radius 2 is 1.64 bits per heavy atom. The third kappa shape index (κ3) is 3.86. The van der Waals surface area contributed by atoms with Crippen molar-refractivity contribution in [2.45, 2.75) is 20.0 Å². The van der Waals surface area contributed by atoms with Crippen molar-refractivity contribution in [2.75, 3.05) is 5.32 Å². The van der Waals surface area contributed by atoms with E-state index < -0.39 is 0 Å². The number of hydrogen-bond acceptors (Lipinski definition) is 4. The molecule has 0 aliphatic rings. The number of rotatable bonds is 5. The number of fused-ring (bicyclic) bond motifs is 1. The molecule has 1 amide bonds. The maximum atomic E-state index is 12.5. The topological polar surface area (TPSA) is 69.0 Å². The summed E-state index contributed by atoms with van der Waals surface area (Å²) in [6.07, 6.45) is 0.0932. The fourth-order valence-electron chi connectivity index (χ4n) is 2.83. The van der Waals surface area contributed by atoms with Crippen LogP contribution in [-0.4, -0.2) is 27.0 Å². The standard InChI is InChI=1S/C22H20N4O2/c1-15(2)28-19-11-8-16(9-12-19)22(27)23-17-10-13-20-21(14-17)25-26(24-20)18-6-4-3-5-7-18/h3-15H,1-2H3,(H,23,27). The molecule has 6 nitrogen and oxygen atoms in total. The molecule has 0 radical (unpaired) electrons. The molecular weight excluding hydrogens is 352 g/mol. The molecular formula is C22H20N4O2. The second-order valence-electron chi connectivity index (χ2n) is 6.67. The number of amides is 1. The zero-order valence-corrected chi connectivity index (χ0v) is 15.7. The molecule has 140 valence electrons. The SMILES string of the molecule is CC(C)Oc1ccc(C(=O)Nc2ccc3nn(-c4ccccc4)nc3c2)cc1. The normalized spacial score (nSPS) is 11.0. The van der Waals surface area contributed by atoms with Crippen LogP contribution in [0, 0.1) is 0 Å². The van der Waals surface area contributed by atoms with Gasteiger partial charge in [0, 0.05) is 11.3 Å². The van der Waals surface area contributed by atoms with Gasteiger partial charge in [-0.2, -0.15) is 4.80 Å². The molecule has 1 aromatic heterocycles. The molecule has 0 unspecified atom stereocenters.